The van der Waals surface area contributed by atoms with Gasteiger partial charge in [0.05, 0.1) is 5.69 Å². The van der Waals surface area contributed by atoms with E-state index < -0.39 is 18.4 Å². The van der Waals surface area contributed by atoms with E-state index in [4.69, 9.17) is 0 Å². The average molecular weight is 468 g/mol. The minimum atomic E-state index is -4.56. The Morgan fingerprint density at radius 2 is 1.82 bits per heavy atom. The van der Waals surface area contributed by atoms with Crippen LogP contribution >= 0.6 is 0 Å². The number of carbonyl (C=O) groups is 2. The first-order valence-electron chi connectivity index (χ1n) is 11.8. The molecule has 9 heteroatoms. The molecule has 4 rings (SSSR count). The Kier molecular flexibility index (Phi) is 6.62. The zero-order valence-electron chi connectivity index (χ0n) is 19.3. The Morgan fingerprint density at radius 1 is 1.09 bits per heavy atom. The van der Waals surface area contributed by atoms with Gasteiger partial charge in [-0.25, -0.2) is 4.79 Å². The van der Waals surface area contributed by atoms with Crippen LogP contribution in [0.15, 0.2) is 18.2 Å². The summed E-state index contributed by atoms with van der Waals surface area (Å²) in [7, 11) is 0. The summed E-state index contributed by atoms with van der Waals surface area (Å²) in [6, 6.07) is 6.25. The van der Waals surface area contributed by atoms with Crippen LogP contribution in [-0.4, -0.2) is 65.8 Å². The monoisotopic (exact) mass is 467 g/mol. The molecular weight excluding hydrogens is 435 g/mol. The zero-order chi connectivity index (χ0) is 23.8. The number of fused-ring (bicyclic) bond motifs is 1. The quantitative estimate of drug-likeness (QED) is 0.657. The van der Waals surface area contributed by atoms with Gasteiger partial charge in [-0.3, -0.25) is 9.69 Å². The van der Waals surface area contributed by atoms with Crippen LogP contribution in [0.1, 0.15) is 57.1 Å². The number of likely N-dealkylation sites (tertiary alicyclic amines) is 2. The second-order valence-electron chi connectivity index (χ2n) is 9.50. The molecule has 0 aromatic heterocycles. The largest absolute Gasteiger partial charge is 0.437 e. The van der Waals surface area contributed by atoms with Crippen molar-refractivity contribution in [1.29, 1.82) is 0 Å². The van der Waals surface area contributed by atoms with Gasteiger partial charge < -0.3 is 14.5 Å². The molecule has 2 fully saturated rings. The van der Waals surface area contributed by atoms with Crippen molar-refractivity contribution in [2.75, 3.05) is 31.1 Å². The van der Waals surface area contributed by atoms with E-state index in [-0.39, 0.29) is 11.4 Å². The van der Waals surface area contributed by atoms with Crippen LogP contribution in [-0.2, 0) is 22.5 Å². The van der Waals surface area contributed by atoms with Crippen molar-refractivity contribution in [3.05, 3.63) is 29.3 Å². The Labute approximate surface area is 192 Å². The molecule has 0 bridgehead atoms. The molecule has 0 saturated carbocycles. The SMILES string of the molecule is CC(=O)N1CCCc2cccc(CN3CCCC34CCN(C(=O)OC(C)C(F)(F)F)CC4)c21. The number of piperidine rings is 1. The Morgan fingerprint density at radius 3 is 2.48 bits per heavy atom. The van der Waals surface area contributed by atoms with E-state index in [0.29, 0.717) is 25.9 Å². The minimum absolute atomic E-state index is 0.0550. The van der Waals surface area contributed by atoms with Crippen molar-refractivity contribution in [2.24, 2.45) is 0 Å². The van der Waals surface area contributed by atoms with Gasteiger partial charge in [0, 0.05) is 38.6 Å². The molecule has 1 unspecified atom stereocenters. The summed E-state index contributed by atoms with van der Waals surface area (Å²) in [5.41, 5.74) is 3.31. The predicted octanol–water partition coefficient (Wildman–Crippen LogP) is 4.50. The highest BCUT2D eigenvalue weighted by Gasteiger charge is 2.45. The van der Waals surface area contributed by atoms with Crippen LogP contribution in [0.4, 0.5) is 23.7 Å². The van der Waals surface area contributed by atoms with Crippen molar-refractivity contribution in [3.63, 3.8) is 0 Å². The van der Waals surface area contributed by atoms with Crippen molar-refractivity contribution in [2.45, 2.75) is 76.7 Å². The first-order valence-corrected chi connectivity index (χ1v) is 11.8. The maximum Gasteiger partial charge on any atom is 0.425 e. The summed E-state index contributed by atoms with van der Waals surface area (Å²) >= 11 is 0. The minimum Gasteiger partial charge on any atom is -0.437 e. The molecule has 6 nitrogen and oxygen atoms in total. The van der Waals surface area contributed by atoms with Gasteiger partial charge in [-0.2, -0.15) is 13.2 Å². The van der Waals surface area contributed by atoms with Crippen LogP contribution in [0.5, 0.6) is 0 Å². The van der Waals surface area contributed by atoms with Crippen molar-refractivity contribution in [3.8, 4) is 0 Å². The molecule has 2 amide bonds. The molecule has 0 radical (unpaired) electrons. The Balaban J connectivity index is 1.45. The highest BCUT2D eigenvalue weighted by Crippen LogP contribution is 2.41. The number of rotatable bonds is 3. The molecule has 0 N–H and O–H groups in total. The van der Waals surface area contributed by atoms with E-state index in [2.05, 4.69) is 27.8 Å². The van der Waals surface area contributed by atoms with Gasteiger partial charge in [0.15, 0.2) is 6.10 Å². The number of para-hydroxylation sites is 1. The van der Waals surface area contributed by atoms with E-state index in [1.54, 1.807) is 6.92 Å². The normalized spacial score (nSPS) is 21.7. The van der Waals surface area contributed by atoms with Crippen LogP contribution in [0.2, 0.25) is 0 Å². The third kappa shape index (κ3) is 4.83. The second kappa shape index (κ2) is 9.16. The maximum absolute atomic E-state index is 12.7. The molecule has 0 aliphatic carbocycles. The lowest BCUT2D eigenvalue weighted by Crippen LogP contribution is -2.53. The average Bonchev–Trinajstić information content (AvgIpc) is 3.14. The summed E-state index contributed by atoms with van der Waals surface area (Å²) in [5, 5.41) is 0. The Hall–Kier alpha value is -2.29. The maximum atomic E-state index is 12.7. The second-order valence-corrected chi connectivity index (χ2v) is 9.50. The standard InChI is InChI=1S/C24H32F3N3O3/c1-17(24(25,26)27)33-22(32)28-14-10-23(11-15-28)9-5-12-29(23)16-20-7-3-6-19-8-4-13-30(18(2)31)21(19)20/h3,6-7,17H,4-5,8-16H2,1-2H3. The van der Waals surface area contributed by atoms with Gasteiger partial charge in [-0.1, -0.05) is 18.2 Å². The summed E-state index contributed by atoms with van der Waals surface area (Å²) in [6.07, 6.45) is -2.19. The smallest absolute Gasteiger partial charge is 0.425 e. The summed E-state index contributed by atoms with van der Waals surface area (Å²) < 4.78 is 42.9. The number of anilines is 1. The zero-order valence-corrected chi connectivity index (χ0v) is 19.3. The number of halogens is 3. The summed E-state index contributed by atoms with van der Waals surface area (Å²) in [4.78, 5) is 30.3. The van der Waals surface area contributed by atoms with Gasteiger partial charge >= 0.3 is 12.3 Å². The number of hydrogen-bond acceptors (Lipinski definition) is 4. The lowest BCUT2D eigenvalue weighted by Gasteiger charge is -2.45. The molecule has 2 saturated heterocycles. The predicted molar refractivity (Wildman–Crippen MR) is 118 cm³/mol. The van der Waals surface area contributed by atoms with Crippen LogP contribution in [0, 0.1) is 0 Å². The fraction of sp³-hybridized carbons (Fsp3) is 0.667. The lowest BCUT2D eigenvalue weighted by atomic mass is 9.84. The first-order chi connectivity index (χ1) is 15.6. The summed E-state index contributed by atoms with van der Waals surface area (Å²) in [5.74, 6) is 0.0550. The molecule has 3 aliphatic heterocycles. The van der Waals surface area contributed by atoms with E-state index >= 15 is 0 Å². The number of carbonyl (C=O) groups excluding carboxylic acids is 2. The molecule has 1 aromatic rings. The number of nitrogens with zero attached hydrogens (tertiary/aromatic N) is 3. The molecule has 1 spiro atoms. The molecular formula is C24H32F3N3O3. The van der Waals surface area contributed by atoms with E-state index in [0.717, 1.165) is 63.5 Å². The lowest BCUT2D eigenvalue weighted by molar-refractivity contribution is -0.200. The van der Waals surface area contributed by atoms with Crippen molar-refractivity contribution in [1.82, 2.24) is 9.80 Å². The number of aryl methyl sites for hydroxylation is 1. The van der Waals surface area contributed by atoms with Gasteiger partial charge in [0.25, 0.3) is 0 Å². The highest BCUT2D eigenvalue weighted by molar-refractivity contribution is 5.93. The van der Waals surface area contributed by atoms with Gasteiger partial charge in [-0.05, 0) is 63.1 Å². The third-order valence-electron chi connectivity index (χ3n) is 7.47. The van der Waals surface area contributed by atoms with Crippen LogP contribution in [0.25, 0.3) is 0 Å². The number of benzene rings is 1. The van der Waals surface area contributed by atoms with Crippen molar-refractivity contribution >= 4 is 17.7 Å². The fourth-order valence-corrected chi connectivity index (χ4v) is 5.59. The van der Waals surface area contributed by atoms with Gasteiger partial charge in [0.2, 0.25) is 5.91 Å². The van der Waals surface area contributed by atoms with Crippen molar-refractivity contribution < 1.29 is 27.5 Å². The topological polar surface area (TPSA) is 53.1 Å². The van der Waals surface area contributed by atoms with Crippen LogP contribution in [0.3, 0.4) is 0 Å². The molecule has 1 atom stereocenters. The Bertz CT molecular complexity index is 897. The molecule has 3 heterocycles. The number of amides is 2. The summed E-state index contributed by atoms with van der Waals surface area (Å²) in [6.45, 7) is 5.61. The molecule has 3 aliphatic rings. The number of ether oxygens (including phenoxy) is 1. The number of alkyl halides is 3. The number of hydrogen-bond donors (Lipinski definition) is 0. The van der Waals surface area contributed by atoms with E-state index in [1.165, 1.54) is 10.5 Å². The van der Waals surface area contributed by atoms with Gasteiger partial charge in [-0.15, -0.1) is 0 Å². The molecule has 182 valence electrons. The molecule has 1 aromatic carbocycles. The van der Waals surface area contributed by atoms with E-state index in [1.807, 2.05) is 4.90 Å². The molecule has 33 heavy (non-hydrogen) atoms. The van der Waals surface area contributed by atoms with Gasteiger partial charge in [0.1, 0.15) is 0 Å². The van der Waals surface area contributed by atoms with E-state index in [9.17, 15) is 22.8 Å². The fourth-order valence-electron chi connectivity index (χ4n) is 5.59. The van der Waals surface area contributed by atoms with Crippen LogP contribution < -0.4 is 4.90 Å². The third-order valence-corrected chi connectivity index (χ3v) is 7.47. The highest BCUT2D eigenvalue weighted by atomic mass is 19.4. The first kappa shape index (κ1) is 23.9.